The van der Waals surface area contributed by atoms with E-state index < -0.39 is 0 Å². The molecule has 0 bridgehead atoms. The normalized spacial score (nSPS) is 10.3. The first-order valence-electron chi connectivity index (χ1n) is 5.23. The van der Waals surface area contributed by atoms with Crippen LogP contribution in [-0.4, -0.2) is 16.7 Å². The molecule has 3 N–H and O–H groups in total. The summed E-state index contributed by atoms with van der Waals surface area (Å²) in [5, 5.41) is 12.5. The van der Waals surface area contributed by atoms with Gasteiger partial charge in [0.1, 0.15) is 5.01 Å². The van der Waals surface area contributed by atoms with Crippen molar-refractivity contribution in [3.8, 4) is 10.6 Å². The van der Waals surface area contributed by atoms with Crippen molar-refractivity contribution in [3.05, 3.63) is 24.3 Å². The molecule has 0 unspecified atom stereocenters. The highest BCUT2D eigenvalue weighted by molar-refractivity contribution is 7.18. The molecule has 84 valence electrons. The maximum atomic E-state index is 5.54. The Labute approximate surface area is 98.5 Å². The van der Waals surface area contributed by atoms with Crippen LogP contribution in [0, 0.1) is 0 Å². The highest BCUT2D eigenvalue weighted by Gasteiger charge is 2.03. The number of nitrogens with zero attached hydrogens (tertiary/aromatic N) is 2. The predicted molar refractivity (Wildman–Crippen MR) is 68.5 cm³/mol. The minimum Gasteiger partial charge on any atom is -0.385 e. The Morgan fingerprint density at radius 2 is 2.00 bits per heavy atom. The van der Waals surface area contributed by atoms with Gasteiger partial charge < -0.3 is 11.1 Å². The summed E-state index contributed by atoms with van der Waals surface area (Å²) in [6.45, 7) is 3.14. The largest absolute Gasteiger partial charge is 0.385 e. The zero-order chi connectivity index (χ0) is 11.4. The Morgan fingerprint density at radius 3 is 2.56 bits per heavy atom. The van der Waals surface area contributed by atoms with Crippen molar-refractivity contribution in [2.45, 2.75) is 13.3 Å². The van der Waals surface area contributed by atoms with E-state index in [2.05, 4.69) is 22.4 Å². The summed E-state index contributed by atoms with van der Waals surface area (Å²) in [4.78, 5) is 0. The van der Waals surface area contributed by atoms with Gasteiger partial charge >= 0.3 is 0 Å². The van der Waals surface area contributed by atoms with Crippen LogP contribution in [0.3, 0.4) is 0 Å². The maximum absolute atomic E-state index is 5.54. The fourth-order valence-electron chi connectivity index (χ4n) is 1.35. The number of nitrogen functional groups attached to an aromatic ring is 1. The molecule has 0 atom stereocenters. The van der Waals surface area contributed by atoms with E-state index in [1.165, 1.54) is 11.3 Å². The van der Waals surface area contributed by atoms with Crippen LogP contribution in [0.1, 0.15) is 13.3 Å². The summed E-state index contributed by atoms with van der Waals surface area (Å²) in [5.74, 6) is 0. The number of rotatable bonds is 4. The molecule has 1 aromatic heterocycles. The molecule has 2 rings (SSSR count). The van der Waals surface area contributed by atoms with E-state index in [0.717, 1.165) is 29.2 Å². The van der Waals surface area contributed by atoms with E-state index in [1.807, 2.05) is 24.3 Å². The molecule has 0 aliphatic carbocycles. The SMILES string of the molecule is CCCNc1ccc(-c2nnc(N)s2)cc1. The van der Waals surface area contributed by atoms with Crippen molar-refractivity contribution in [2.24, 2.45) is 0 Å². The van der Waals surface area contributed by atoms with Crippen molar-refractivity contribution in [1.82, 2.24) is 10.2 Å². The van der Waals surface area contributed by atoms with Crippen molar-refractivity contribution in [1.29, 1.82) is 0 Å². The van der Waals surface area contributed by atoms with Crippen molar-refractivity contribution >= 4 is 22.2 Å². The lowest BCUT2D eigenvalue weighted by Gasteiger charge is -2.04. The monoisotopic (exact) mass is 234 g/mol. The molecule has 0 amide bonds. The second-order valence-electron chi connectivity index (χ2n) is 3.45. The summed E-state index contributed by atoms with van der Waals surface area (Å²) >= 11 is 1.40. The van der Waals surface area contributed by atoms with Crippen LogP contribution in [0.25, 0.3) is 10.6 Å². The van der Waals surface area contributed by atoms with Gasteiger partial charge in [0.05, 0.1) is 0 Å². The zero-order valence-electron chi connectivity index (χ0n) is 9.10. The fraction of sp³-hybridized carbons (Fsp3) is 0.273. The molecule has 1 heterocycles. The van der Waals surface area contributed by atoms with Crippen LogP contribution in [0.5, 0.6) is 0 Å². The van der Waals surface area contributed by atoms with Gasteiger partial charge in [-0.25, -0.2) is 0 Å². The number of nitrogens with one attached hydrogen (secondary N) is 1. The van der Waals surface area contributed by atoms with E-state index in [4.69, 9.17) is 5.73 Å². The molecule has 0 aliphatic rings. The Morgan fingerprint density at radius 1 is 1.25 bits per heavy atom. The van der Waals surface area contributed by atoms with E-state index in [1.54, 1.807) is 0 Å². The number of aromatic nitrogens is 2. The topological polar surface area (TPSA) is 63.8 Å². The average Bonchev–Trinajstić information content (AvgIpc) is 2.74. The van der Waals surface area contributed by atoms with E-state index in [-0.39, 0.29) is 0 Å². The van der Waals surface area contributed by atoms with Gasteiger partial charge in [0.15, 0.2) is 0 Å². The Hall–Kier alpha value is -1.62. The maximum Gasteiger partial charge on any atom is 0.203 e. The Balaban J connectivity index is 2.13. The smallest absolute Gasteiger partial charge is 0.203 e. The third-order valence-corrected chi connectivity index (χ3v) is 2.95. The lowest BCUT2D eigenvalue weighted by atomic mass is 10.2. The van der Waals surface area contributed by atoms with Crippen LogP contribution in [-0.2, 0) is 0 Å². The highest BCUT2D eigenvalue weighted by atomic mass is 32.1. The molecular formula is C11H14N4S. The van der Waals surface area contributed by atoms with E-state index in [9.17, 15) is 0 Å². The molecule has 0 aliphatic heterocycles. The summed E-state index contributed by atoms with van der Waals surface area (Å²) in [6.07, 6.45) is 1.12. The van der Waals surface area contributed by atoms with Gasteiger partial charge in [-0.1, -0.05) is 18.3 Å². The standard InChI is InChI=1S/C11H14N4S/c1-2-7-13-9-5-3-8(4-6-9)10-14-15-11(12)16-10/h3-6,13H,2,7H2,1H3,(H2,12,15). The van der Waals surface area contributed by atoms with Crippen LogP contribution in [0.2, 0.25) is 0 Å². The second-order valence-corrected chi connectivity index (χ2v) is 4.46. The average molecular weight is 234 g/mol. The second kappa shape index (κ2) is 4.94. The number of nitrogens with two attached hydrogens (primary N) is 1. The molecule has 1 aromatic carbocycles. The molecule has 5 heteroatoms. The zero-order valence-corrected chi connectivity index (χ0v) is 9.92. The lowest BCUT2D eigenvalue weighted by Crippen LogP contribution is -1.98. The van der Waals surface area contributed by atoms with Crippen LogP contribution >= 0.6 is 11.3 Å². The molecule has 16 heavy (non-hydrogen) atoms. The van der Waals surface area contributed by atoms with Gasteiger partial charge in [0.2, 0.25) is 5.13 Å². The van der Waals surface area contributed by atoms with Crippen molar-refractivity contribution in [2.75, 3.05) is 17.6 Å². The van der Waals surface area contributed by atoms with Gasteiger partial charge in [0.25, 0.3) is 0 Å². The minimum atomic E-state index is 0.503. The number of anilines is 2. The van der Waals surface area contributed by atoms with Gasteiger partial charge in [-0.05, 0) is 30.7 Å². The van der Waals surface area contributed by atoms with Crippen molar-refractivity contribution < 1.29 is 0 Å². The Bertz CT molecular complexity index is 449. The first-order chi connectivity index (χ1) is 7.79. The van der Waals surface area contributed by atoms with E-state index in [0.29, 0.717) is 5.13 Å². The molecular weight excluding hydrogens is 220 g/mol. The van der Waals surface area contributed by atoms with Crippen LogP contribution < -0.4 is 11.1 Å². The summed E-state index contributed by atoms with van der Waals surface area (Å²) in [5.41, 5.74) is 7.72. The fourth-order valence-corrected chi connectivity index (χ4v) is 1.97. The quantitative estimate of drug-likeness (QED) is 0.853. The van der Waals surface area contributed by atoms with Gasteiger partial charge in [-0.2, -0.15) is 0 Å². The van der Waals surface area contributed by atoms with Crippen LogP contribution in [0.15, 0.2) is 24.3 Å². The molecule has 0 radical (unpaired) electrons. The van der Waals surface area contributed by atoms with Crippen molar-refractivity contribution in [3.63, 3.8) is 0 Å². The summed E-state index contributed by atoms with van der Waals surface area (Å²) in [7, 11) is 0. The molecule has 4 nitrogen and oxygen atoms in total. The van der Waals surface area contributed by atoms with Crippen LogP contribution in [0.4, 0.5) is 10.8 Å². The molecule has 0 saturated heterocycles. The number of hydrogen-bond donors (Lipinski definition) is 2. The van der Waals surface area contributed by atoms with E-state index >= 15 is 0 Å². The number of benzene rings is 1. The predicted octanol–water partition coefficient (Wildman–Crippen LogP) is 2.61. The third kappa shape index (κ3) is 2.49. The van der Waals surface area contributed by atoms with Gasteiger partial charge in [-0.15, -0.1) is 10.2 Å². The lowest BCUT2D eigenvalue weighted by molar-refractivity contribution is 0.980. The number of hydrogen-bond acceptors (Lipinski definition) is 5. The van der Waals surface area contributed by atoms with Gasteiger partial charge in [0, 0.05) is 17.8 Å². The first kappa shape index (κ1) is 10.9. The molecule has 0 spiro atoms. The molecule has 2 aromatic rings. The Kier molecular flexibility index (Phi) is 3.36. The molecule has 0 fully saturated rings. The third-order valence-electron chi connectivity index (χ3n) is 2.15. The summed E-state index contributed by atoms with van der Waals surface area (Å²) in [6, 6.07) is 8.14. The minimum absolute atomic E-state index is 0.503. The molecule has 0 saturated carbocycles. The summed E-state index contributed by atoms with van der Waals surface area (Å²) < 4.78 is 0. The first-order valence-corrected chi connectivity index (χ1v) is 6.04. The highest BCUT2D eigenvalue weighted by Crippen LogP contribution is 2.25. The van der Waals surface area contributed by atoms with Gasteiger partial charge in [-0.3, -0.25) is 0 Å².